The van der Waals surface area contributed by atoms with Gasteiger partial charge in [-0.1, -0.05) is 0 Å². The SMILES string of the molecule is CC(=O)N[C@H]1[C@@H](O[C@H]2O[C@H](CO)[C@@H](O)[C@H](O)[C@@H]2O)O[C@H](CO)[C@@H](O)[C@@H]1O. The third-order valence-electron chi connectivity index (χ3n) is 4.37. The summed E-state index contributed by atoms with van der Waals surface area (Å²) in [6.45, 7) is -0.187. The van der Waals surface area contributed by atoms with Crippen molar-refractivity contribution in [1.29, 1.82) is 0 Å². The highest BCUT2D eigenvalue weighted by Crippen LogP contribution is 2.28. The number of hydrogen-bond donors (Lipinski definition) is 8. The van der Waals surface area contributed by atoms with Crippen LogP contribution < -0.4 is 5.32 Å². The molecule has 0 unspecified atom stereocenters. The molecule has 1 amide bonds. The van der Waals surface area contributed by atoms with Crippen molar-refractivity contribution in [1.82, 2.24) is 5.32 Å². The molecule has 0 bridgehead atoms. The average molecular weight is 383 g/mol. The molecule has 12 heteroatoms. The number of carbonyl (C=O) groups excluding carboxylic acids is 1. The first kappa shape index (κ1) is 21.4. The molecule has 0 radical (unpaired) electrons. The predicted molar refractivity (Wildman–Crippen MR) is 80.2 cm³/mol. The topological polar surface area (TPSA) is 198 Å². The van der Waals surface area contributed by atoms with Gasteiger partial charge in [-0.3, -0.25) is 4.79 Å². The summed E-state index contributed by atoms with van der Waals surface area (Å²) in [6, 6.07) is -1.28. The van der Waals surface area contributed by atoms with Gasteiger partial charge in [-0.2, -0.15) is 0 Å². The normalized spacial score (nSPS) is 46.8. The molecule has 26 heavy (non-hydrogen) atoms. The first-order valence-corrected chi connectivity index (χ1v) is 8.06. The van der Waals surface area contributed by atoms with Gasteiger partial charge in [0.1, 0.15) is 48.8 Å². The van der Waals surface area contributed by atoms with E-state index in [2.05, 4.69) is 5.32 Å². The summed E-state index contributed by atoms with van der Waals surface area (Å²) >= 11 is 0. The number of rotatable bonds is 5. The fourth-order valence-corrected chi connectivity index (χ4v) is 2.90. The average Bonchev–Trinajstić information content (AvgIpc) is 2.61. The van der Waals surface area contributed by atoms with E-state index < -0.39 is 80.5 Å². The zero-order valence-corrected chi connectivity index (χ0v) is 14.0. The molecular formula is C14H25NO11. The summed E-state index contributed by atoms with van der Waals surface area (Å²) in [5.74, 6) is -0.574. The highest BCUT2D eigenvalue weighted by Gasteiger charge is 2.50. The van der Waals surface area contributed by atoms with Crippen LogP contribution in [0.15, 0.2) is 0 Å². The second kappa shape index (κ2) is 8.84. The van der Waals surface area contributed by atoms with Crippen LogP contribution in [-0.2, 0) is 19.0 Å². The maximum Gasteiger partial charge on any atom is 0.217 e. The van der Waals surface area contributed by atoms with Crippen molar-refractivity contribution in [2.24, 2.45) is 0 Å². The Hall–Kier alpha value is -0.930. The van der Waals surface area contributed by atoms with Gasteiger partial charge in [0.05, 0.1) is 13.2 Å². The lowest BCUT2D eigenvalue weighted by Gasteiger charge is -2.45. The molecule has 0 aliphatic carbocycles. The van der Waals surface area contributed by atoms with Gasteiger partial charge in [-0.15, -0.1) is 0 Å². The maximum atomic E-state index is 11.4. The Morgan fingerprint density at radius 3 is 1.85 bits per heavy atom. The minimum absolute atomic E-state index is 0.574. The van der Waals surface area contributed by atoms with Gasteiger partial charge in [-0.05, 0) is 0 Å². The highest BCUT2D eigenvalue weighted by molar-refractivity contribution is 5.73. The van der Waals surface area contributed by atoms with E-state index in [0.29, 0.717) is 0 Å². The monoisotopic (exact) mass is 383 g/mol. The molecule has 2 aliphatic heterocycles. The third-order valence-corrected chi connectivity index (χ3v) is 4.37. The number of hydrogen-bond acceptors (Lipinski definition) is 11. The van der Waals surface area contributed by atoms with E-state index in [1.165, 1.54) is 0 Å². The molecule has 0 spiro atoms. The van der Waals surface area contributed by atoms with Crippen LogP contribution in [0.4, 0.5) is 0 Å². The Balaban J connectivity index is 2.18. The van der Waals surface area contributed by atoms with Crippen LogP contribution in [0.5, 0.6) is 0 Å². The molecule has 8 N–H and O–H groups in total. The van der Waals surface area contributed by atoms with Crippen molar-refractivity contribution in [2.75, 3.05) is 13.2 Å². The lowest BCUT2D eigenvalue weighted by molar-refractivity contribution is -0.363. The van der Waals surface area contributed by atoms with Gasteiger partial charge in [0.15, 0.2) is 12.6 Å². The molecule has 2 heterocycles. The summed E-state index contributed by atoms with van der Waals surface area (Å²) in [6.07, 6.45) is -13.7. The zero-order chi connectivity index (χ0) is 19.6. The molecule has 10 atom stereocenters. The molecule has 2 saturated heterocycles. The van der Waals surface area contributed by atoms with Crippen LogP contribution in [0.3, 0.4) is 0 Å². The van der Waals surface area contributed by atoms with Crippen LogP contribution in [0.25, 0.3) is 0 Å². The minimum atomic E-state index is -1.73. The molecule has 2 rings (SSSR count). The molecule has 0 aromatic carbocycles. The Bertz CT molecular complexity index is 478. The predicted octanol–water partition coefficient (Wildman–Crippen LogP) is -5.25. The maximum absolute atomic E-state index is 11.4. The summed E-state index contributed by atoms with van der Waals surface area (Å²) < 4.78 is 15.9. The number of amides is 1. The number of aliphatic hydroxyl groups excluding tert-OH is 7. The Morgan fingerprint density at radius 1 is 0.846 bits per heavy atom. The van der Waals surface area contributed by atoms with E-state index in [9.17, 15) is 40.5 Å². The summed E-state index contributed by atoms with van der Waals surface area (Å²) in [5, 5.41) is 70.4. The van der Waals surface area contributed by atoms with Gasteiger partial charge < -0.3 is 55.3 Å². The summed E-state index contributed by atoms with van der Waals surface area (Å²) in [5.41, 5.74) is 0. The van der Waals surface area contributed by atoms with E-state index in [1.54, 1.807) is 0 Å². The van der Waals surface area contributed by atoms with E-state index in [0.717, 1.165) is 6.92 Å². The lowest BCUT2D eigenvalue weighted by atomic mass is 9.96. The molecule has 152 valence electrons. The zero-order valence-electron chi connectivity index (χ0n) is 14.0. The number of carbonyl (C=O) groups is 1. The van der Waals surface area contributed by atoms with Crippen LogP contribution in [-0.4, -0.2) is 116 Å². The number of aliphatic hydroxyl groups is 7. The van der Waals surface area contributed by atoms with Crippen molar-refractivity contribution in [2.45, 2.75) is 68.3 Å². The Kier molecular flexibility index (Phi) is 7.27. The van der Waals surface area contributed by atoms with Gasteiger partial charge in [0.2, 0.25) is 5.91 Å². The van der Waals surface area contributed by atoms with Gasteiger partial charge >= 0.3 is 0 Å². The van der Waals surface area contributed by atoms with Crippen LogP contribution >= 0.6 is 0 Å². The van der Waals surface area contributed by atoms with E-state index in [-0.39, 0.29) is 0 Å². The summed E-state index contributed by atoms with van der Waals surface area (Å²) in [4.78, 5) is 11.4. The lowest BCUT2D eigenvalue weighted by Crippen LogP contribution is -2.67. The second-order valence-corrected chi connectivity index (χ2v) is 6.27. The molecule has 2 fully saturated rings. The van der Waals surface area contributed by atoms with Gasteiger partial charge in [0, 0.05) is 6.92 Å². The summed E-state index contributed by atoms with van der Waals surface area (Å²) in [7, 11) is 0. The molecular weight excluding hydrogens is 358 g/mol. The Labute approximate surface area is 148 Å². The van der Waals surface area contributed by atoms with Crippen molar-refractivity contribution in [3.05, 3.63) is 0 Å². The molecule has 0 aromatic heterocycles. The molecule has 12 nitrogen and oxygen atoms in total. The quantitative estimate of drug-likeness (QED) is 0.226. The largest absolute Gasteiger partial charge is 0.394 e. The van der Waals surface area contributed by atoms with E-state index >= 15 is 0 Å². The van der Waals surface area contributed by atoms with Crippen molar-refractivity contribution < 1.29 is 54.8 Å². The van der Waals surface area contributed by atoms with Gasteiger partial charge in [0.25, 0.3) is 0 Å². The van der Waals surface area contributed by atoms with Crippen LogP contribution in [0.1, 0.15) is 6.92 Å². The number of ether oxygens (including phenoxy) is 3. The highest BCUT2D eigenvalue weighted by atomic mass is 16.8. The fraction of sp³-hybridized carbons (Fsp3) is 0.929. The van der Waals surface area contributed by atoms with E-state index in [1.807, 2.05) is 0 Å². The minimum Gasteiger partial charge on any atom is -0.394 e. The van der Waals surface area contributed by atoms with Gasteiger partial charge in [-0.25, -0.2) is 0 Å². The smallest absolute Gasteiger partial charge is 0.217 e. The van der Waals surface area contributed by atoms with Crippen LogP contribution in [0.2, 0.25) is 0 Å². The van der Waals surface area contributed by atoms with E-state index in [4.69, 9.17) is 14.2 Å². The van der Waals surface area contributed by atoms with Crippen molar-refractivity contribution >= 4 is 5.91 Å². The first-order chi connectivity index (χ1) is 12.2. The fourth-order valence-electron chi connectivity index (χ4n) is 2.90. The van der Waals surface area contributed by atoms with Crippen LogP contribution in [0, 0.1) is 0 Å². The molecule has 0 aromatic rings. The standard InChI is InChI=1S/C14H25NO11/c1-4(18)15-7-10(21)8(19)5(2-16)24-13(7)26-14-12(23)11(22)9(20)6(3-17)25-14/h5-14,16-17,19-23H,2-3H2,1H3,(H,15,18)/t5-,6-,7-,8-,9-,10-,11+,12+,13-,14-/m1/s1. The number of nitrogens with one attached hydrogen (secondary N) is 1. The molecule has 0 saturated carbocycles. The van der Waals surface area contributed by atoms with Crippen molar-refractivity contribution in [3.8, 4) is 0 Å². The molecule has 2 aliphatic rings. The second-order valence-electron chi connectivity index (χ2n) is 6.27. The first-order valence-electron chi connectivity index (χ1n) is 8.06. The van der Waals surface area contributed by atoms with Crippen molar-refractivity contribution in [3.63, 3.8) is 0 Å². The Morgan fingerprint density at radius 2 is 1.35 bits per heavy atom. The third kappa shape index (κ3) is 4.31.